The van der Waals surface area contributed by atoms with Crippen LogP contribution in [0.2, 0.25) is 0 Å². The van der Waals surface area contributed by atoms with Gasteiger partial charge in [-0.1, -0.05) is 42.5 Å². The molecule has 3 rings (SSSR count). The van der Waals surface area contributed by atoms with Crippen LogP contribution in [0.25, 0.3) is 0 Å². The minimum atomic E-state index is -0.235. The van der Waals surface area contributed by atoms with Gasteiger partial charge in [0.05, 0.1) is 6.54 Å². The highest BCUT2D eigenvalue weighted by Gasteiger charge is 2.28. The lowest BCUT2D eigenvalue weighted by Crippen LogP contribution is -2.55. The van der Waals surface area contributed by atoms with Crippen LogP contribution in [0.4, 0.5) is 4.39 Å². The first-order valence-corrected chi connectivity index (χ1v) is 7.94. The van der Waals surface area contributed by atoms with E-state index in [4.69, 9.17) is 0 Å². The average molecular weight is 312 g/mol. The van der Waals surface area contributed by atoms with Gasteiger partial charge in [-0.15, -0.1) is 0 Å². The molecule has 0 saturated carbocycles. The quantitative estimate of drug-likeness (QED) is 0.941. The first kappa shape index (κ1) is 15.7. The highest BCUT2D eigenvalue weighted by molar-refractivity contribution is 5.79. The van der Waals surface area contributed by atoms with Crippen LogP contribution in [0.1, 0.15) is 24.1 Å². The standard InChI is InChI=1S/C19H21FN2O/c1-14(16-5-3-2-4-6-16)22-12-18(21-19(23)13-22)11-15-7-9-17(20)10-8-15/h2-10,14,18H,11-13H2,1H3,(H,21,23)/t14-,18+/m1/s1. The number of carbonyl (C=O) groups is 1. The molecule has 1 amide bonds. The van der Waals surface area contributed by atoms with Crippen molar-refractivity contribution in [1.29, 1.82) is 0 Å². The highest BCUT2D eigenvalue weighted by atomic mass is 19.1. The molecular formula is C19H21FN2O. The van der Waals surface area contributed by atoms with Crippen molar-refractivity contribution >= 4 is 5.91 Å². The molecule has 1 heterocycles. The molecular weight excluding hydrogens is 291 g/mol. The van der Waals surface area contributed by atoms with E-state index in [1.807, 2.05) is 18.2 Å². The van der Waals surface area contributed by atoms with Crippen LogP contribution in [0.5, 0.6) is 0 Å². The van der Waals surface area contributed by atoms with E-state index in [-0.39, 0.29) is 23.8 Å². The number of hydrogen-bond acceptors (Lipinski definition) is 2. The molecule has 0 radical (unpaired) electrons. The molecule has 0 unspecified atom stereocenters. The van der Waals surface area contributed by atoms with E-state index >= 15 is 0 Å². The molecule has 1 aliphatic heterocycles. The van der Waals surface area contributed by atoms with Crippen LogP contribution in [-0.4, -0.2) is 29.9 Å². The third-order valence-electron chi connectivity index (χ3n) is 4.39. The van der Waals surface area contributed by atoms with Gasteiger partial charge in [0.25, 0.3) is 0 Å². The van der Waals surface area contributed by atoms with Crippen molar-refractivity contribution in [3.63, 3.8) is 0 Å². The van der Waals surface area contributed by atoms with Gasteiger partial charge < -0.3 is 5.32 Å². The number of carbonyl (C=O) groups excluding carboxylic acids is 1. The summed E-state index contributed by atoms with van der Waals surface area (Å²) in [7, 11) is 0. The van der Waals surface area contributed by atoms with Crippen LogP contribution >= 0.6 is 0 Å². The number of benzene rings is 2. The van der Waals surface area contributed by atoms with E-state index in [0.29, 0.717) is 13.0 Å². The summed E-state index contributed by atoms with van der Waals surface area (Å²) in [5.74, 6) is -0.188. The Bertz CT molecular complexity index is 657. The average Bonchev–Trinajstić information content (AvgIpc) is 2.56. The van der Waals surface area contributed by atoms with Crippen molar-refractivity contribution in [3.05, 3.63) is 71.5 Å². The molecule has 2 atom stereocenters. The van der Waals surface area contributed by atoms with Gasteiger partial charge in [-0.3, -0.25) is 9.69 Å². The predicted octanol–water partition coefficient (Wildman–Crippen LogP) is 2.93. The summed E-state index contributed by atoms with van der Waals surface area (Å²) >= 11 is 0. The van der Waals surface area contributed by atoms with Crippen LogP contribution < -0.4 is 5.32 Å². The first-order valence-electron chi connectivity index (χ1n) is 7.94. The molecule has 1 fully saturated rings. The van der Waals surface area contributed by atoms with Gasteiger partial charge in [0.1, 0.15) is 5.82 Å². The van der Waals surface area contributed by atoms with E-state index in [1.165, 1.54) is 17.7 Å². The van der Waals surface area contributed by atoms with Crippen LogP contribution in [0.15, 0.2) is 54.6 Å². The molecule has 2 aromatic rings. The lowest BCUT2D eigenvalue weighted by Gasteiger charge is -2.37. The summed E-state index contributed by atoms with van der Waals surface area (Å²) < 4.78 is 13.0. The molecule has 1 aliphatic rings. The smallest absolute Gasteiger partial charge is 0.234 e. The Morgan fingerprint density at radius 1 is 1.17 bits per heavy atom. The summed E-state index contributed by atoms with van der Waals surface area (Å²) in [5.41, 5.74) is 2.24. The van der Waals surface area contributed by atoms with Crippen LogP contribution in [0.3, 0.4) is 0 Å². The number of piperazine rings is 1. The third kappa shape index (κ3) is 3.96. The first-order chi connectivity index (χ1) is 11.1. The van der Waals surface area contributed by atoms with Gasteiger partial charge >= 0.3 is 0 Å². The zero-order chi connectivity index (χ0) is 16.2. The number of nitrogens with one attached hydrogen (secondary N) is 1. The van der Waals surface area contributed by atoms with Gasteiger partial charge in [-0.25, -0.2) is 4.39 Å². The number of nitrogens with zero attached hydrogens (tertiary/aromatic N) is 1. The number of halogens is 1. The van der Waals surface area contributed by atoms with Crippen molar-refractivity contribution in [2.24, 2.45) is 0 Å². The Balaban J connectivity index is 1.69. The summed E-state index contributed by atoms with van der Waals surface area (Å²) in [4.78, 5) is 14.2. The largest absolute Gasteiger partial charge is 0.351 e. The number of amides is 1. The predicted molar refractivity (Wildman–Crippen MR) is 88.5 cm³/mol. The van der Waals surface area contributed by atoms with Crippen molar-refractivity contribution in [2.45, 2.75) is 25.4 Å². The minimum Gasteiger partial charge on any atom is -0.351 e. The Morgan fingerprint density at radius 2 is 1.87 bits per heavy atom. The third-order valence-corrected chi connectivity index (χ3v) is 4.39. The van der Waals surface area contributed by atoms with Crippen molar-refractivity contribution in [2.75, 3.05) is 13.1 Å². The Morgan fingerprint density at radius 3 is 2.57 bits per heavy atom. The molecule has 0 bridgehead atoms. The molecule has 2 aromatic carbocycles. The summed E-state index contributed by atoms with van der Waals surface area (Å²) in [6.45, 7) is 3.33. The normalized spacial score (nSPS) is 20.1. The van der Waals surface area contributed by atoms with E-state index in [9.17, 15) is 9.18 Å². The maximum absolute atomic E-state index is 13.0. The fraction of sp³-hybridized carbons (Fsp3) is 0.316. The summed E-state index contributed by atoms with van der Waals surface area (Å²) in [5, 5.41) is 3.04. The van der Waals surface area contributed by atoms with Gasteiger partial charge in [0.2, 0.25) is 5.91 Å². The fourth-order valence-corrected chi connectivity index (χ4v) is 3.11. The maximum atomic E-state index is 13.0. The molecule has 23 heavy (non-hydrogen) atoms. The van der Waals surface area contributed by atoms with E-state index in [0.717, 1.165) is 12.1 Å². The lowest BCUT2D eigenvalue weighted by molar-refractivity contribution is -0.126. The van der Waals surface area contributed by atoms with Crippen molar-refractivity contribution in [1.82, 2.24) is 10.2 Å². The zero-order valence-electron chi connectivity index (χ0n) is 13.2. The Labute approximate surface area is 136 Å². The van der Waals surface area contributed by atoms with Gasteiger partial charge in [0, 0.05) is 18.6 Å². The fourth-order valence-electron chi connectivity index (χ4n) is 3.11. The molecule has 1 saturated heterocycles. The molecule has 0 spiro atoms. The van der Waals surface area contributed by atoms with E-state index in [1.54, 1.807) is 12.1 Å². The molecule has 3 nitrogen and oxygen atoms in total. The summed E-state index contributed by atoms with van der Waals surface area (Å²) in [6.07, 6.45) is 0.712. The van der Waals surface area contributed by atoms with Crippen molar-refractivity contribution < 1.29 is 9.18 Å². The second kappa shape index (κ2) is 6.92. The van der Waals surface area contributed by atoms with Crippen LogP contribution in [0, 0.1) is 5.82 Å². The number of rotatable bonds is 4. The molecule has 4 heteroatoms. The highest BCUT2D eigenvalue weighted by Crippen LogP contribution is 2.22. The van der Waals surface area contributed by atoms with E-state index < -0.39 is 0 Å². The molecule has 120 valence electrons. The zero-order valence-corrected chi connectivity index (χ0v) is 13.2. The second-order valence-corrected chi connectivity index (χ2v) is 6.11. The minimum absolute atomic E-state index is 0.0474. The van der Waals surface area contributed by atoms with Crippen molar-refractivity contribution in [3.8, 4) is 0 Å². The van der Waals surface area contributed by atoms with Crippen LogP contribution in [-0.2, 0) is 11.2 Å². The Hall–Kier alpha value is -2.20. The monoisotopic (exact) mass is 312 g/mol. The summed E-state index contributed by atoms with van der Waals surface area (Å²) in [6, 6.07) is 16.9. The Kier molecular flexibility index (Phi) is 4.72. The molecule has 0 aromatic heterocycles. The van der Waals surface area contributed by atoms with E-state index in [2.05, 4.69) is 29.3 Å². The number of hydrogen-bond donors (Lipinski definition) is 1. The SMILES string of the molecule is C[C@H](c1ccccc1)N1CC(=O)N[C@@H](Cc2ccc(F)cc2)C1. The van der Waals surface area contributed by atoms with Gasteiger partial charge in [-0.2, -0.15) is 0 Å². The lowest BCUT2D eigenvalue weighted by atomic mass is 10.0. The topological polar surface area (TPSA) is 32.3 Å². The molecule has 1 N–H and O–H groups in total. The maximum Gasteiger partial charge on any atom is 0.234 e. The molecule has 0 aliphatic carbocycles. The van der Waals surface area contributed by atoms with Gasteiger partial charge in [-0.05, 0) is 36.6 Å². The van der Waals surface area contributed by atoms with Gasteiger partial charge in [0.15, 0.2) is 0 Å². The second-order valence-electron chi connectivity index (χ2n) is 6.11.